The Morgan fingerprint density at radius 2 is 1.65 bits per heavy atom. The molecule has 0 aliphatic heterocycles. The lowest BCUT2D eigenvalue weighted by Crippen LogP contribution is -2.48. The van der Waals surface area contributed by atoms with Crippen LogP contribution >= 0.6 is 0 Å². The minimum Gasteiger partial charge on any atom is -0.497 e. The number of carbonyl (C=O) groups is 1. The van der Waals surface area contributed by atoms with Crippen molar-refractivity contribution in [1.29, 1.82) is 0 Å². The van der Waals surface area contributed by atoms with Gasteiger partial charge >= 0.3 is 6.18 Å². The lowest BCUT2D eigenvalue weighted by molar-refractivity contribution is -0.137. The van der Waals surface area contributed by atoms with Crippen LogP contribution in [0.15, 0.2) is 78.9 Å². The van der Waals surface area contributed by atoms with Crippen LogP contribution in [0.25, 0.3) is 0 Å². The van der Waals surface area contributed by atoms with Crippen LogP contribution in [0.1, 0.15) is 27.0 Å². The largest absolute Gasteiger partial charge is 0.497 e. The van der Waals surface area contributed by atoms with Crippen molar-refractivity contribution in [2.45, 2.75) is 31.3 Å². The summed E-state index contributed by atoms with van der Waals surface area (Å²) >= 11 is 0. The molecule has 5 nitrogen and oxygen atoms in total. The molecule has 3 N–H and O–H groups in total. The number of carbonyl (C=O) groups excluding carboxylic acids is 1. The molecule has 34 heavy (non-hydrogen) atoms. The number of ether oxygens (including phenoxy) is 1. The molecule has 0 unspecified atom stereocenters. The first kappa shape index (κ1) is 25.3. The first-order valence-electron chi connectivity index (χ1n) is 10.8. The van der Waals surface area contributed by atoms with Crippen molar-refractivity contribution in [3.8, 4) is 5.75 Å². The summed E-state index contributed by atoms with van der Waals surface area (Å²) in [4.78, 5) is 12.8. The van der Waals surface area contributed by atoms with Crippen molar-refractivity contribution in [3.63, 3.8) is 0 Å². The molecule has 180 valence electrons. The SMILES string of the molecule is COc1ccc(C(=O)N[C@@H](Cc2ccccc2)[C@H](O)CNCc2cccc(C(F)(F)F)c2)cc1. The number of hydrogen-bond acceptors (Lipinski definition) is 4. The number of rotatable bonds is 10. The molecule has 0 saturated heterocycles. The van der Waals surface area contributed by atoms with Crippen LogP contribution in [0.3, 0.4) is 0 Å². The number of hydrogen-bond donors (Lipinski definition) is 3. The molecule has 0 fully saturated rings. The fourth-order valence-electron chi connectivity index (χ4n) is 3.51. The third kappa shape index (κ3) is 7.33. The molecule has 0 bridgehead atoms. The number of aliphatic hydroxyl groups excluding tert-OH is 1. The fourth-order valence-corrected chi connectivity index (χ4v) is 3.51. The van der Waals surface area contributed by atoms with Gasteiger partial charge in [0.1, 0.15) is 5.75 Å². The van der Waals surface area contributed by atoms with Gasteiger partial charge in [-0.15, -0.1) is 0 Å². The van der Waals surface area contributed by atoms with Crippen LogP contribution in [0, 0.1) is 0 Å². The van der Waals surface area contributed by atoms with E-state index in [1.807, 2.05) is 30.3 Å². The molecule has 2 atom stereocenters. The summed E-state index contributed by atoms with van der Waals surface area (Å²) < 4.78 is 43.9. The van der Waals surface area contributed by atoms with Crippen molar-refractivity contribution in [1.82, 2.24) is 10.6 Å². The molecular weight excluding hydrogens is 445 g/mol. The van der Waals surface area contributed by atoms with Gasteiger partial charge in [-0.05, 0) is 47.9 Å². The Hall–Kier alpha value is -3.36. The van der Waals surface area contributed by atoms with E-state index >= 15 is 0 Å². The van der Waals surface area contributed by atoms with Crippen molar-refractivity contribution in [3.05, 3.63) is 101 Å². The Morgan fingerprint density at radius 3 is 2.29 bits per heavy atom. The standard InChI is InChI=1S/C26H27F3N2O3/c1-34-22-12-10-20(11-13-22)25(33)31-23(15-18-6-3-2-4-7-18)24(32)17-30-16-19-8-5-9-21(14-19)26(27,28)29/h2-14,23-24,30,32H,15-17H2,1H3,(H,31,33)/t23-,24+/m0/s1. The molecule has 3 rings (SSSR count). The zero-order valence-electron chi connectivity index (χ0n) is 18.7. The van der Waals surface area contributed by atoms with Gasteiger partial charge in [0.2, 0.25) is 0 Å². The molecule has 8 heteroatoms. The van der Waals surface area contributed by atoms with Gasteiger partial charge in [0.05, 0.1) is 24.8 Å². The normalized spacial score (nSPS) is 13.2. The van der Waals surface area contributed by atoms with E-state index in [1.54, 1.807) is 30.3 Å². The fraction of sp³-hybridized carbons (Fsp3) is 0.269. The zero-order valence-corrected chi connectivity index (χ0v) is 18.7. The highest BCUT2D eigenvalue weighted by molar-refractivity contribution is 5.94. The Bertz CT molecular complexity index is 1060. The number of amides is 1. The van der Waals surface area contributed by atoms with Gasteiger partial charge in [0.25, 0.3) is 5.91 Å². The molecule has 3 aromatic carbocycles. The molecule has 0 spiro atoms. The Kier molecular flexibility index (Phi) is 8.67. The van der Waals surface area contributed by atoms with Gasteiger partial charge in [0.15, 0.2) is 0 Å². The number of nitrogens with one attached hydrogen (secondary N) is 2. The second-order valence-corrected chi connectivity index (χ2v) is 7.89. The zero-order chi connectivity index (χ0) is 24.6. The van der Waals surface area contributed by atoms with E-state index < -0.39 is 23.9 Å². The molecule has 1 amide bonds. The number of benzene rings is 3. The monoisotopic (exact) mass is 472 g/mol. The summed E-state index contributed by atoms with van der Waals surface area (Å²) in [6, 6.07) is 20.4. The van der Waals surface area contributed by atoms with E-state index in [0.717, 1.165) is 17.7 Å². The lowest BCUT2D eigenvalue weighted by Gasteiger charge is -2.25. The summed E-state index contributed by atoms with van der Waals surface area (Å²) in [5.41, 5.74) is 1.08. The third-order valence-electron chi connectivity index (χ3n) is 5.37. The second kappa shape index (κ2) is 11.7. The first-order valence-corrected chi connectivity index (χ1v) is 10.8. The minimum atomic E-state index is -4.41. The van der Waals surface area contributed by atoms with Gasteiger partial charge in [-0.1, -0.05) is 48.5 Å². The Balaban J connectivity index is 1.65. The molecule has 3 aromatic rings. The van der Waals surface area contributed by atoms with Gasteiger partial charge in [-0.2, -0.15) is 13.2 Å². The van der Waals surface area contributed by atoms with Crippen LogP contribution in [0.5, 0.6) is 5.75 Å². The van der Waals surface area contributed by atoms with Crippen molar-refractivity contribution < 1.29 is 27.8 Å². The highest BCUT2D eigenvalue weighted by atomic mass is 19.4. The third-order valence-corrected chi connectivity index (χ3v) is 5.37. The van der Waals surface area contributed by atoms with Gasteiger partial charge in [-0.3, -0.25) is 4.79 Å². The quantitative estimate of drug-likeness (QED) is 0.414. The van der Waals surface area contributed by atoms with E-state index in [2.05, 4.69) is 10.6 Å². The van der Waals surface area contributed by atoms with E-state index in [9.17, 15) is 23.1 Å². The maximum atomic E-state index is 12.9. The van der Waals surface area contributed by atoms with Gasteiger partial charge < -0.3 is 20.5 Å². The number of aliphatic hydroxyl groups is 1. The summed E-state index contributed by atoms with van der Waals surface area (Å²) in [6.45, 7) is 0.224. The Morgan fingerprint density at radius 1 is 0.971 bits per heavy atom. The van der Waals surface area contributed by atoms with E-state index in [0.29, 0.717) is 23.3 Å². The summed E-state index contributed by atoms with van der Waals surface area (Å²) in [6.07, 6.45) is -5.01. The highest BCUT2D eigenvalue weighted by Gasteiger charge is 2.30. The van der Waals surface area contributed by atoms with Crippen LogP contribution in [0.2, 0.25) is 0 Å². The average molecular weight is 473 g/mol. The van der Waals surface area contributed by atoms with Gasteiger partial charge in [0, 0.05) is 18.7 Å². The molecular formula is C26H27F3N2O3. The van der Waals surface area contributed by atoms with E-state index in [4.69, 9.17) is 4.74 Å². The first-order chi connectivity index (χ1) is 16.3. The molecule has 0 aliphatic rings. The molecule has 0 heterocycles. The predicted octanol–water partition coefficient (Wildman–Crippen LogP) is 4.21. The maximum Gasteiger partial charge on any atom is 0.416 e. The highest BCUT2D eigenvalue weighted by Crippen LogP contribution is 2.29. The molecule has 0 aliphatic carbocycles. The van der Waals surface area contributed by atoms with Crippen LogP contribution in [-0.2, 0) is 19.1 Å². The molecule has 0 aromatic heterocycles. The van der Waals surface area contributed by atoms with Crippen molar-refractivity contribution in [2.75, 3.05) is 13.7 Å². The lowest BCUT2D eigenvalue weighted by atomic mass is 10.00. The van der Waals surface area contributed by atoms with E-state index in [1.165, 1.54) is 13.2 Å². The topological polar surface area (TPSA) is 70.6 Å². The summed E-state index contributed by atoms with van der Waals surface area (Å²) in [5, 5.41) is 16.7. The van der Waals surface area contributed by atoms with Crippen molar-refractivity contribution >= 4 is 5.91 Å². The average Bonchev–Trinajstić information content (AvgIpc) is 2.84. The maximum absolute atomic E-state index is 12.9. The number of methoxy groups -OCH3 is 1. The van der Waals surface area contributed by atoms with Gasteiger partial charge in [-0.25, -0.2) is 0 Å². The number of halogens is 3. The minimum absolute atomic E-state index is 0.0800. The van der Waals surface area contributed by atoms with E-state index in [-0.39, 0.29) is 19.0 Å². The molecule has 0 saturated carbocycles. The van der Waals surface area contributed by atoms with Crippen LogP contribution in [0.4, 0.5) is 13.2 Å². The van der Waals surface area contributed by atoms with Crippen LogP contribution in [-0.4, -0.2) is 36.8 Å². The number of alkyl halides is 3. The summed E-state index contributed by atoms with van der Waals surface area (Å²) in [7, 11) is 1.54. The smallest absolute Gasteiger partial charge is 0.416 e. The Labute approximate surface area is 196 Å². The summed E-state index contributed by atoms with van der Waals surface area (Å²) in [5.74, 6) is 0.275. The molecule has 0 radical (unpaired) electrons. The predicted molar refractivity (Wildman–Crippen MR) is 124 cm³/mol. The van der Waals surface area contributed by atoms with Crippen LogP contribution < -0.4 is 15.4 Å². The second-order valence-electron chi connectivity index (χ2n) is 7.89. The van der Waals surface area contributed by atoms with Crippen molar-refractivity contribution in [2.24, 2.45) is 0 Å².